The molecule has 0 fully saturated rings. The lowest BCUT2D eigenvalue weighted by atomic mass is 9.99. The average molecular weight is 270 g/mol. The highest BCUT2D eigenvalue weighted by Gasteiger charge is 2.22. The first-order chi connectivity index (χ1) is 8.41. The summed E-state index contributed by atoms with van der Waals surface area (Å²) in [6.07, 6.45) is 0.270. The normalized spacial score (nSPS) is 12.4. The standard InChI is InChI=1S/C13H16ClNO3/c1-15(2)11(7-8-12(16)17)13(18)9-3-5-10(14)6-4-9/h3-6,11H,7-8H2,1-2H3,(H,16,17). The van der Waals surface area contributed by atoms with Crippen LogP contribution in [0.25, 0.3) is 0 Å². The number of aliphatic carboxylic acids is 1. The molecule has 0 heterocycles. The highest BCUT2D eigenvalue weighted by molar-refractivity contribution is 6.30. The van der Waals surface area contributed by atoms with Crippen LogP contribution in [0.3, 0.4) is 0 Å². The highest BCUT2D eigenvalue weighted by Crippen LogP contribution is 2.15. The van der Waals surface area contributed by atoms with Crippen LogP contribution in [0.4, 0.5) is 0 Å². The Bertz CT molecular complexity index is 428. The van der Waals surface area contributed by atoms with Gasteiger partial charge >= 0.3 is 5.97 Å². The molecule has 5 heteroatoms. The molecule has 1 aromatic carbocycles. The Morgan fingerprint density at radius 2 is 1.83 bits per heavy atom. The summed E-state index contributed by atoms with van der Waals surface area (Å²) >= 11 is 5.76. The van der Waals surface area contributed by atoms with E-state index in [0.29, 0.717) is 17.0 Å². The number of carbonyl (C=O) groups excluding carboxylic acids is 1. The number of carbonyl (C=O) groups is 2. The summed E-state index contributed by atoms with van der Waals surface area (Å²) in [5.41, 5.74) is 0.545. The van der Waals surface area contributed by atoms with Crippen molar-refractivity contribution in [3.8, 4) is 0 Å². The van der Waals surface area contributed by atoms with Crippen molar-refractivity contribution >= 4 is 23.4 Å². The molecule has 4 nitrogen and oxygen atoms in total. The molecule has 0 aliphatic carbocycles. The monoisotopic (exact) mass is 269 g/mol. The van der Waals surface area contributed by atoms with E-state index in [1.165, 1.54) is 0 Å². The minimum atomic E-state index is -0.897. The molecule has 1 unspecified atom stereocenters. The third kappa shape index (κ3) is 4.13. The van der Waals surface area contributed by atoms with Gasteiger partial charge in [-0.15, -0.1) is 0 Å². The molecule has 0 saturated heterocycles. The second-order valence-corrected chi connectivity index (χ2v) is 4.72. The topological polar surface area (TPSA) is 57.6 Å². The Labute approximate surface area is 111 Å². The third-order valence-electron chi connectivity index (χ3n) is 2.69. The fourth-order valence-corrected chi connectivity index (χ4v) is 1.82. The molecule has 0 aliphatic rings. The van der Waals surface area contributed by atoms with Gasteiger partial charge in [0.15, 0.2) is 5.78 Å². The van der Waals surface area contributed by atoms with E-state index in [-0.39, 0.29) is 12.2 Å². The van der Waals surface area contributed by atoms with Crippen molar-refractivity contribution in [2.24, 2.45) is 0 Å². The van der Waals surface area contributed by atoms with Gasteiger partial charge in [0, 0.05) is 17.0 Å². The molecule has 0 amide bonds. The van der Waals surface area contributed by atoms with Crippen LogP contribution in [0.2, 0.25) is 5.02 Å². The average Bonchev–Trinajstić information content (AvgIpc) is 2.29. The zero-order chi connectivity index (χ0) is 13.7. The lowest BCUT2D eigenvalue weighted by molar-refractivity contribution is -0.137. The van der Waals surface area contributed by atoms with Crippen LogP contribution in [0.1, 0.15) is 23.2 Å². The Hall–Kier alpha value is -1.39. The number of benzene rings is 1. The fraction of sp³-hybridized carbons (Fsp3) is 0.385. The van der Waals surface area contributed by atoms with Crippen molar-refractivity contribution in [3.63, 3.8) is 0 Å². The molecule has 98 valence electrons. The van der Waals surface area contributed by atoms with Gasteiger partial charge in [-0.3, -0.25) is 14.5 Å². The highest BCUT2D eigenvalue weighted by atomic mass is 35.5. The predicted molar refractivity (Wildman–Crippen MR) is 70.1 cm³/mol. The van der Waals surface area contributed by atoms with Crippen LogP contribution >= 0.6 is 11.6 Å². The summed E-state index contributed by atoms with van der Waals surface area (Å²) < 4.78 is 0. The molecule has 1 N–H and O–H groups in total. The fourth-order valence-electron chi connectivity index (χ4n) is 1.69. The minimum absolute atomic E-state index is 0.0256. The number of hydrogen-bond donors (Lipinski definition) is 1. The van der Waals surface area contributed by atoms with E-state index in [0.717, 1.165) is 0 Å². The van der Waals surface area contributed by atoms with E-state index in [1.54, 1.807) is 43.3 Å². The van der Waals surface area contributed by atoms with Crippen molar-refractivity contribution in [1.29, 1.82) is 0 Å². The van der Waals surface area contributed by atoms with Gasteiger partial charge in [-0.05, 0) is 44.8 Å². The van der Waals surface area contributed by atoms with E-state index in [4.69, 9.17) is 16.7 Å². The maximum Gasteiger partial charge on any atom is 0.303 e. The Morgan fingerprint density at radius 1 is 1.28 bits per heavy atom. The van der Waals surface area contributed by atoms with E-state index >= 15 is 0 Å². The second-order valence-electron chi connectivity index (χ2n) is 4.28. The molecular weight excluding hydrogens is 254 g/mol. The molecule has 0 saturated carbocycles. The minimum Gasteiger partial charge on any atom is -0.481 e. The van der Waals surface area contributed by atoms with Gasteiger partial charge in [0.2, 0.25) is 0 Å². The number of carboxylic acid groups (broad SMARTS) is 1. The Balaban J connectivity index is 2.82. The number of likely N-dealkylation sites (N-methyl/N-ethyl adjacent to an activating group) is 1. The van der Waals surface area contributed by atoms with E-state index < -0.39 is 12.0 Å². The number of halogens is 1. The lowest BCUT2D eigenvalue weighted by Crippen LogP contribution is -2.36. The molecular formula is C13H16ClNO3. The van der Waals surface area contributed by atoms with E-state index in [1.807, 2.05) is 0 Å². The molecule has 1 aromatic rings. The molecule has 0 bridgehead atoms. The largest absolute Gasteiger partial charge is 0.481 e. The lowest BCUT2D eigenvalue weighted by Gasteiger charge is -2.22. The van der Waals surface area contributed by atoms with Crippen LogP contribution in [-0.4, -0.2) is 41.9 Å². The van der Waals surface area contributed by atoms with Gasteiger partial charge in [-0.2, -0.15) is 0 Å². The zero-order valence-corrected chi connectivity index (χ0v) is 11.1. The first-order valence-electron chi connectivity index (χ1n) is 5.60. The number of rotatable bonds is 6. The van der Waals surface area contributed by atoms with Crippen LogP contribution in [-0.2, 0) is 4.79 Å². The molecule has 18 heavy (non-hydrogen) atoms. The maximum absolute atomic E-state index is 12.2. The third-order valence-corrected chi connectivity index (χ3v) is 2.94. The van der Waals surface area contributed by atoms with Crippen molar-refractivity contribution in [3.05, 3.63) is 34.9 Å². The van der Waals surface area contributed by atoms with Crippen molar-refractivity contribution < 1.29 is 14.7 Å². The van der Waals surface area contributed by atoms with Crippen molar-refractivity contribution in [2.75, 3.05) is 14.1 Å². The predicted octanol–water partition coefficient (Wildman–Crippen LogP) is 2.32. The number of Topliss-reactive ketones (excluding diaryl/α,β-unsaturated/α-hetero) is 1. The van der Waals surface area contributed by atoms with Gasteiger partial charge in [0.05, 0.1) is 6.04 Å². The molecule has 0 aromatic heterocycles. The molecule has 0 spiro atoms. The second kappa shape index (κ2) is 6.52. The van der Waals surface area contributed by atoms with Crippen LogP contribution in [0, 0.1) is 0 Å². The van der Waals surface area contributed by atoms with Crippen LogP contribution in [0.5, 0.6) is 0 Å². The zero-order valence-electron chi connectivity index (χ0n) is 10.4. The van der Waals surface area contributed by atoms with Gasteiger partial charge in [0.1, 0.15) is 0 Å². The summed E-state index contributed by atoms with van der Waals surface area (Å²) in [6.45, 7) is 0. The molecule has 0 aliphatic heterocycles. The van der Waals surface area contributed by atoms with Crippen LogP contribution < -0.4 is 0 Å². The Morgan fingerprint density at radius 3 is 2.28 bits per heavy atom. The summed E-state index contributed by atoms with van der Waals surface area (Å²) in [5.74, 6) is -0.983. The van der Waals surface area contributed by atoms with Gasteiger partial charge in [0.25, 0.3) is 0 Å². The van der Waals surface area contributed by atoms with E-state index in [9.17, 15) is 9.59 Å². The number of ketones is 1. The molecule has 1 atom stereocenters. The van der Waals surface area contributed by atoms with Gasteiger partial charge in [-0.25, -0.2) is 0 Å². The first kappa shape index (κ1) is 14.7. The van der Waals surface area contributed by atoms with Gasteiger partial charge in [-0.1, -0.05) is 11.6 Å². The first-order valence-corrected chi connectivity index (χ1v) is 5.97. The number of nitrogens with zero attached hydrogens (tertiary/aromatic N) is 1. The van der Waals surface area contributed by atoms with Gasteiger partial charge < -0.3 is 5.11 Å². The SMILES string of the molecule is CN(C)C(CCC(=O)O)C(=O)c1ccc(Cl)cc1. The summed E-state index contributed by atoms with van der Waals surface area (Å²) in [7, 11) is 3.53. The summed E-state index contributed by atoms with van der Waals surface area (Å²) in [4.78, 5) is 24.6. The quantitative estimate of drug-likeness (QED) is 0.805. The van der Waals surface area contributed by atoms with Crippen molar-refractivity contribution in [1.82, 2.24) is 4.90 Å². The number of hydrogen-bond acceptors (Lipinski definition) is 3. The molecule has 0 radical (unpaired) electrons. The van der Waals surface area contributed by atoms with E-state index in [2.05, 4.69) is 0 Å². The maximum atomic E-state index is 12.2. The van der Waals surface area contributed by atoms with Crippen molar-refractivity contribution in [2.45, 2.75) is 18.9 Å². The summed E-state index contributed by atoms with van der Waals surface area (Å²) in [6, 6.07) is 6.18. The Kier molecular flexibility index (Phi) is 5.31. The molecule has 1 rings (SSSR count). The smallest absolute Gasteiger partial charge is 0.303 e. The number of carboxylic acids is 1. The summed E-state index contributed by atoms with van der Waals surface area (Å²) in [5, 5.41) is 9.25. The van der Waals surface area contributed by atoms with Crippen LogP contribution in [0.15, 0.2) is 24.3 Å².